The number of ether oxygens (including phenoxy) is 1. The maximum atomic E-state index is 12.7. The Labute approximate surface area is 126 Å². The van der Waals surface area contributed by atoms with Crippen molar-refractivity contribution in [2.75, 3.05) is 0 Å². The van der Waals surface area contributed by atoms with Gasteiger partial charge < -0.3 is 4.74 Å². The topological polar surface area (TPSA) is 56.3 Å². The molecule has 0 spiro atoms. The SMILES string of the molecule is O=S(=O)(Cl)c1c(CBr)ncc(C(F)(F)F)c1OC(F)(F)F. The van der Waals surface area contributed by atoms with Gasteiger partial charge in [-0.25, -0.2) is 8.42 Å². The van der Waals surface area contributed by atoms with Crippen LogP contribution in [0.15, 0.2) is 11.1 Å². The van der Waals surface area contributed by atoms with Crippen molar-refractivity contribution in [3.05, 3.63) is 17.5 Å². The lowest BCUT2D eigenvalue weighted by molar-refractivity contribution is -0.277. The van der Waals surface area contributed by atoms with Gasteiger partial charge in [-0.3, -0.25) is 4.98 Å². The highest BCUT2D eigenvalue weighted by Crippen LogP contribution is 2.43. The van der Waals surface area contributed by atoms with Crippen molar-refractivity contribution < 1.29 is 39.5 Å². The van der Waals surface area contributed by atoms with E-state index in [2.05, 4.69) is 25.7 Å². The number of alkyl halides is 7. The smallest absolute Gasteiger partial charge is 0.404 e. The van der Waals surface area contributed by atoms with Crippen LogP contribution in [-0.2, 0) is 20.6 Å². The molecule has 0 aliphatic carbocycles. The van der Waals surface area contributed by atoms with Crippen LogP contribution in [0.25, 0.3) is 0 Å². The summed E-state index contributed by atoms with van der Waals surface area (Å²) in [7, 11) is -0.0814. The lowest BCUT2D eigenvalue weighted by Crippen LogP contribution is -2.23. The van der Waals surface area contributed by atoms with Crippen molar-refractivity contribution in [3.63, 3.8) is 0 Å². The van der Waals surface area contributed by atoms with E-state index in [0.29, 0.717) is 0 Å². The van der Waals surface area contributed by atoms with E-state index in [0.717, 1.165) is 0 Å². The summed E-state index contributed by atoms with van der Waals surface area (Å²) in [6.07, 6.45) is -10.8. The van der Waals surface area contributed by atoms with Gasteiger partial charge in [0.05, 0.1) is 5.69 Å². The summed E-state index contributed by atoms with van der Waals surface area (Å²) >= 11 is 2.69. The van der Waals surface area contributed by atoms with Gasteiger partial charge in [0, 0.05) is 22.2 Å². The summed E-state index contributed by atoms with van der Waals surface area (Å²) in [5, 5.41) is -0.458. The average molecular weight is 423 g/mol. The molecule has 0 radical (unpaired) electrons. The quantitative estimate of drug-likeness (QED) is 0.422. The Bertz CT molecular complexity index is 645. The minimum atomic E-state index is -5.55. The fraction of sp³-hybridized carbons (Fsp3) is 0.375. The first-order valence-electron chi connectivity index (χ1n) is 4.63. The van der Waals surface area contributed by atoms with Crippen LogP contribution < -0.4 is 4.74 Å². The van der Waals surface area contributed by atoms with Gasteiger partial charge in [-0.1, -0.05) is 15.9 Å². The van der Waals surface area contributed by atoms with Gasteiger partial charge in [0.2, 0.25) is 0 Å². The lowest BCUT2D eigenvalue weighted by atomic mass is 10.2. The Morgan fingerprint density at radius 3 is 2.10 bits per heavy atom. The van der Waals surface area contributed by atoms with E-state index in [9.17, 15) is 34.8 Å². The minimum absolute atomic E-state index is 0.0310. The molecule has 120 valence electrons. The fourth-order valence-corrected chi connectivity index (χ4v) is 3.15. The predicted molar refractivity (Wildman–Crippen MR) is 61.6 cm³/mol. The van der Waals surface area contributed by atoms with Crippen molar-refractivity contribution in [3.8, 4) is 5.75 Å². The van der Waals surface area contributed by atoms with Crippen LogP contribution in [0.1, 0.15) is 11.3 Å². The molecule has 0 fully saturated rings. The minimum Gasteiger partial charge on any atom is -0.404 e. The summed E-state index contributed by atoms with van der Waals surface area (Å²) < 4.78 is 101. The molecule has 4 nitrogen and oxygen atoms in total. The highest BCUT2D eigenvalue weighted by atomic mass is 79.9. The third-order valence-electron chi connectivity index (χ3n) is 1.96. The Hall–Kier alpha value is -0.750. The van der Waals surface area contributed by atoms with E-state index in [1.54, 1.807) is 0 Å². The van der Waals surface area contributed by atoms with Crippen LogP contribution >= 0.6 is 26.6 Å². The van der Waals surface area contributed by atoms with Gasteiger partial charge in [0.1, 0.15) is 10.5 Å². The largest absolute Gasteiger partial charge is 0.573 e. The first-order chi connectivity index (χ1) is 9.27. The summed E-state index contributed by atoms with van der Waals surface area (Å²) in [6, 6.07) is 0. The molecule has 0 aliphatic heterocycles. The molecule has 1 aromatic rings. The maximum Gasteiger partial charge on any atom is 0.573 e. The van der Waals surface area contributed by atoms with Crippen LogP contribution in [0.5, 0.6) is 5.75 Å². The molecule has 0 unspecified atom stereocenters. The van der Waals surface area contributed by atoms with Crippen molar-refractivity contribution in [2.24, 2.45) is 0 Å². The van der Waals surface area contributed by atoms with Gasteiger partial charge in [-0.2, -0.15) is 13.2 Å². The molecule has 0 atom stereocenters. The maximum absolute atomic E-state index is 12.7. The molecule has 0 saturated carbocycles. The molecule has 0 bridgehead atoms. The van der Waals surface area contributed by atoms with Gasteiger partial charge in [0.25, 0.3) is 9.05 Å². The molecule has 1 aromatic heterocycles. The number of pyridine rings is 1. The monoisotopic (exact) mass is 421 g/mol. The summed E-state index contributed by atoms with van der Waals surface area (Å²) in [5.74, 6) is -1.96. The number of halogens is 8. The number of rotatable bonds is 3. The molecule has 0 N–H and O–H groups in total. The number of hydrogen-bond acceptors (Lipinski definition) is 4. The zero-order valence-corrected chi connectivity index (χ0v) is 12.5. The van der Waals surface area contributed by atoms with E-state index in [-0.39, 0.29) is 6.20 Å². The highest BCUT2D eigenvalue weighted by Gasteiger charge is 2.43. The second kappa shape index (κ2) is 5.80. The standard InChI is InChI=1S/C8H3BrClF6NO3S/c9-1-4-6(21(10,18)19)5(20-8(14,15)16)3(2-17-4)7(11,12)13/h2H,1H2. The van der Waals surface area contributed by atoms with Crippen LogP contribution in [0, 0.1) is 0 Å². The van der Waals surface area contributed by atoms with Crippen molar-refractivity contribution in [1.29, 1.82) is 0 Å². The average Bonchev–Trinajstić information content (AvgIpc) is 2.22. The number of aromatic nitrogens is 1. The second-order valence-electron chi connectivity index (χ2n) is 3.39. The zero-order valence-electron chi connectivity index (χ0n) is 9.39. The van der Waals surface area contributed by atoms with E-state index in [4.69, 9.17) is 10.7 Å². The molecule has 21 heavy (non-hydrogen) atoms. The van der Waals surface area contributed by atoms with Gasteiger partial charge in [0.15, 0.2) is 5.75 Å². The highest BCUT2D eigenvalue weighted by molar-refractivity contribution is 9.08. The number of hydrogen-bond donors (Lipinski definition) is 0. The Balaban J connectivity index is 3.80. The Morgan fingerprint density at radius 2 is 1.76 bits per heavy atom. The van der Waals surface area contributed by atoms with Crippen molar-refractivity contribution in [2.45, 2.75) is 22.8 Å². The molecular weight excluding hydrogens is 420 g/mol. The Kier molecular flexibility index (Phi) is 5.05. The van der Waals surface area contributed by atoms with Gasteiger partial charge >= 0.3 is 12.5 Å². The fourth-order valence-electron chi connectivity index (χ4n) is 1.28. The molecule has 0 aliphatic rings. The molecule has 0 saturated heterocycles. The van der Waals surface area contributed by atoms with Crippen LogP contribution in [-0.4, -0.2) is 19.8 Å². The normalized spacial score (nSPS) is 13.3. The third kappa shape index (κ3) is 4.61. The Morgan fingerprint density at radius 1 is 1.24 bits per heavy atom. The molecule has 1 rings (SSSR count). The van der Waals surface area contributed by atoms with Gasteiger partial charge in [-0.15, -0.1) is 13.2 Å². The molecule has 0 amide bonds. The second-order valence-corrected chi connectivity index (χ2v) is 6.46. The lowest BCUT2D eigenvalue weighted by Gasteiger charge is -2.18. The van der Waals surface area contributed by atoms with Crippen molar-refractivity contribution >= 4 is 35.7 Å². The zero-order chi connectivity index (χ0) is 16.6. The van der Waals surface area contributed by atoms with Gasteiger partial charge in [-0.05, 0) is 0 Å². The van der Waals surface area contributed by atoms with Crippen LogP contribution in [0.2, 0.25) is 0 Å². The summed E-state index contributed by atoms with van der Waals surface area (Å²) in [6.45, 7) is 0. The molecule has 1 heterocycles. The molecular formula is C8H3BrClF6NO3S. The predicted octanol–water partition coefficient (Wildman–Crippen LogP) is 3.82. The van der Waals surface area contributed by atoms with E-state index in [1.807, 2.05) is 0 Å². The molecule has 0 aromatic carbocycles. The van der Waals surface area contributed by atoms with Crippen LogP contribution in [0.4, 0.5) is 26.3 Å². The third-order valence-corrected chi connectivity index (χ3v) is 3.86. The van der Waals surface area contributed by atoms with E-state index >= 15 is 0 Å². The number of nitrogens with zero attached hydrogens (tertiary/aromatic N) is 1. The first kappa shape index (κ1) is 18.3. The van der Waals surface area contributed by atoms with E-state index in [1.165, 1.54) is 0 Å². The van der Waals surface area contributed by atoms with Crippen molar-refractivity contribution in [1.82, 2.24) is 4.98 Å². The van der Waals surface area contributed by atoms with Crippen LogP contribution in [0.3, 0.4) is 0 Å². The first-order valence-corrected chi connectivity index (χ1v) is 8.06. The summed E-state index contributed by atoms with van der Waals surface area (Å²) in [5.41, 5.74) is -2.67. The molecule has 13 heteroatoms. The summed E-state index contributed by atoms with van der Waals surface area (Å²) in [4.78, 5) is 1.65. The van der Waals surface area contributed by atoms with E-state index < -0.39 is 48.8 Å².